The molecule has 3 N–H and O–H groups in total. The topological polar surface area (TPSA) is 126 Å². The van der Waals surface area contributed by atoms with Gasteiger partial charge in [-0.25, -0.2) is 4.79 Å². The number of benzene rings is 2. The first-order chi connectivity index (χ1) is 16.4. The fourth-order valence-electron chi connectivity index (χ4n) is 2.93. The number of hydrogen-bond donors (Lipinski definition) is 3. The average Bonchev–Trinajstić information content (AvgIpc) is 3.22. The van der Waals surface area contributed by atoms with Crippen LogP contribution in [0.15, 0.2) is 59.8 Å². The summed E-state index contributed by atoms with van der Waals surface area (Å²) in [7, 11) is 0. The molecule has 0 spiro atoms. The van der Waals surface area contributed by atoms with Crippen molar-refractivity contribution in [3.05, 3.63) is 76.6 Å². The molecule has 0 atom stereocenters. The lowest BCUT2D eigenvalue weighted by Gasteiger charge is -2.08. The van der Waals surface area contributed by atoms with Crippen LogP contribution < -0.4 is 10.6 Å². The third-order valence-corrected chi connectivity index (χ3v) is 5.89. The number of hydrogen-bond acceptors (Lipinski definition) is 6. The zero-order chi connectivity index (χ0) is 24.5. The second-order valence-electron chi connectivity index (χ2n) is 6.94. The average molecular weight is 500 g/mol. The minimum Gasteiger partial charge on any atom is -0.478 e. The SMILES string of the molecule is CCn1c(CNC(=O)/C=C/c2ccccc2Cl)nnc1SCC(=O)Nc1cccc(C(=O)O)c1. The summed E-state index contributed by atoms with van der Waals surface area (Å²) >= 11 is 7.27. The molecule has 11 heteroatoms. The molecule has 0 aliphatic carbocycles. The van der Waals surface area contributed by atoms with Crippen molar-refractivity contribution in [1.29, 1.82) is 0 Å². The predicted octanol–water partition coefficient (Wildman–Crippen LogP) is 3.71. The van der Waals surface area contributed by atoms with Gasteiger partial charge in [-0.1, -0.05) is 47.6 Å². The standard InChI is InChI=1S/C23H22ClN5O4S/c1-2-29-19(13-25-20(30)11-10-15-6-3-4-9-18(15)24)27-28-23(29)34-14-21(31)26-17-8-5-7-16(12-17)22(32)33/h3-12H,2,13-14H2,1H3,(H,25,30)(H,26,31)(H,32,33)/b11-10+. The second kappa shape index (κ2) is 12.0. The summed E-state index contributed by atoms with van der Waals surface area (Å²) in [6, 6.07) is 13.2. The third-order valence-electron chi connectivity index (χ3n) is 4.58. The molecule has 34 heavy (non-hydrogen) atoms. The number of carbonyl (C=O) groups is 3. The van der Waals surface area contributed by atoms with Crippen LogP contribution in [0.4, 0.5) is 5.69 Å². The van der Waals surface area contributed by atoms with Crippen molar-refractivity contribution in [3.63, 3.8) is 0 Å². The molecule has 1 heterocycles. The Hall–Kier alpha value is -3.63. The van der Waals surface area contributed by atoms with Gasteiger partial charge in [-0.05, 0) is 42.8 Å². The van der Waals surface area contributed by atoms with Gasteiger partial charge in [0.25, 0.3) is 0 Å². The van der Waals surface area contributed by atoms with Gasteiger partial charge >= 0.3 is 5.97 Å². The summed E-state index contributed by atoms with van der Waals surface area (Å²) in [6.45, 7) is 2.63. The first kappa shape index (κ1) is 25.0. The normalized spacial score (nSPS) is 10.9. The fourth-order valence-corrected chi connectivity index (χ4v) is 3.95. The summed E-state index contributed by atoms with van der Waals surface area (Å²) in [5, 5.41) is 23.8. The molecule has 0 fully saturated rings. The van der Waals surface area contributed by atoms with E-state index in [1.807, 2.05) is 25.1 Å². The molecular formula is C23H22ClN5O4S. The number of carbonyl (C=O) groups excluding carboxylic acids is 2. The zero-order valence-electron chi connectivity index (χ0n) is 18.2. The Balaban J connectivity index is 1.54. The van der Waals surface area contributed by atoms with E-state index >= 15 is 0 Å². The molecule has 2 amide bonds. The number of rotatable bonds is 10. The Bertz CT molecular complexity index is 1230. The molecule has 0 radical (unpaired) electrons. The summed E-state index contributed by atoms with van der Waals surface area (Å²) in [6.07, 6.45) is 3.03. The molecule has 0 aliphatic rings. The van der Waals surface area contributed by atoms with Gasteiger partial charge in [0.05, 0.1) is 17.9 Å². The fraction of sp³-hybridized carbons (Fsp3) is 0.174. The van der Waals surface area contributed by atoms with Crippen LogP contribution >= 0.6 is 23.4 Å². The quantitative estimate of drug-likeness (QED) is 0.286. The molecule has 1 aromatic heterocycles. The van der Waals surface area contributed by atoms with E-state index in [1.54, 1.807) is 28.8 Å². The van der Waals surface area contributed by atoms with Crippen molar-refractivity contribution in [2.75, 3.05) is 11.1 Å². The number of amides is 2. The number of thioether (sulfide) groups is 1. The Kier molecular flexibility index (Phi) is 8.83. The number of halogens is 1. The van der Waals surface area contributed by atoms with Crippen molar-refractivity contribution >= 4 is 52.9 Å². The Morgan fingerprint density at radius 1 is 1.15 bits per heavy atom. The molecule has 0 aliphatic heterocycles. The van der Waals surface area contributed by atoms with E-state index < -0.39 is 5.97 Å². The summed E-state index contributed by atoms with van der Waals surface area (Å²) < 4.78 is 1.81. The highest BCUT2D eigenvalue weighted by Crippen LogP contribution is 2.19. The lowest BCUT2D eigenvalue weighted by molar-refractivity contribution is -0.116. The minimum atomic E-state index is -1.07. The Labute approximate surface area is 205 Å². The van der Waals surface area contributed by atoms with Crippen LogP contribution in [-0.2, 0) is 22.7 Å². The third kappa shape index (κ3) is 6.93. The minimum absolute atomic E-state index is 0.0579. The van der Waals surface area contributed by atoms with Gasteiger partial charge < -0.3 is 20.3 Å². The molecule has 0 saturated carbocycles. The number of carboxylic acid groups (broad SMARTS) is 1. The highest BCUT2D eigenvalue weighted by Gasteiger charge is 2.14. The lowest BCUT2D eigenvalue weighted by Crippen LogP contribution is -2.22. The van der Waals surface area contributed by atoms with E-state index in [0.29, 0.717) is 28.2 Å². The monoisotopic (exact) mass is 499 g/mol. The first-order valence-corrected chi connectivity index (χ1v) is 11.6. The van der Waals surface area contributed by atoms with Gasteiger partial charge in [0.2, 0.25) is 11.8 Å². The van der Waals surface area contributed by atoms with Crippen molar-refractivity contribution in [2.24, 2.45) is 0 Å². The van der Waals surface area contributed by atoms with E-state index in [4.69, 9.17) is 16.7 Å². The number of nitrogens with one attached hydrogen (secondary N) is 2. The molecule has 0 saturated heterocycles. The number of carboxylic acids is 1. The highest BCUT2D eigenvalue weighted by atomic mass is 35.5. The van der Waals surface area contributed by atoms with Crippen molar-refractivity contribution < 1.29 is 19.5 Å². The predicted molar refractivity (Wildman–Crippen MR) is 131 cm³/mol. The largest absolute Gasteiger partial charge is 0.478 e. The number of anilines is 1. The van der Waals surface area contributed by atoms with Gasteiger partial charge in [0.1, 0.15) is 0 Å². The van der Waals surface area contributed by atoms with Crippen molar-refractivity contribution in [3.8, 4) is 0 Å². The molecule has 3 rings (SSSR count). The van der Waals surface area contributed by atoms with Gasteiger partial charge in [-0.2, -0.15) is 0 Å². The van der Waals surface area contributed by atoms with E-state index in [1.165, 1.54) is 30.0 Å². The smallest absolute Gasteiger partial charge is 0.335 e. The maximum Gasteiger partial charge on any atom is 0.335 e. The van der Waals surface area contributed by atoms with Gasteiger partial charge in [-0.3, -0.25) is 9.59 Å². The van der Waals surface area contributed by atoms with Crippen LogP contribution in [0.1, 0.15) is 28.7 Å². The molecule has 3 aromatic rings. The Morgan fingerprint density at radius 3 is 2.68 bits per heavy atom. The maximum absolute atomic E-state index is 12.3. The molecule has 9 nitrogen and oxygen atoms in total. The number of nitrogens with zero attached hydrogens (tertiary/aromatic N) is 3. The molecule has 0 bridgehead atoms. The van der Waals surface area contributed by atoms with Gasteiger partial charge in [0, 0.05) is 23.3 Å². The maximum atomic E-state index is 12.3. The lowest BCUT2D eigenvalue weighted by atomic mass is 10.2. The van der Waals surface area contributed by atoms with E-state index in [0.717, 1.165) is 5.56 Å². The number of aromatic nitrogens is 3. The molecule has 2 aromatic carbocycles. The summed E-state index contributed by atoms with van der Waals surface area (Å²) in [4.78, 5) is 35.5. The highest BCUT2D eigenvalue weighted by molar-refractivity contribution is 7.99. The van der Waals surface area contributed by atoms with Crippen LogP contribution in [0.3, 0.4) is 0 Å². The van der Waals surface area contributed by atoms with Crippen molar-refractivity contribution in [2.45, 2.75) is 25.2 Å². The van der Waals surface area contributed by atoms with E-state index in [9.17, 15) is 14.4 Å². The van der Waals surface area contributed by atoms with Crippen LogP contribution in [-0.4, -0.2) is 43.4 Å². The molecule has 176 valence electrons. The Morgan fingerprint density at radius 2 is 1.94 bits per heavy atom. The van der Waals surface area contributed by atoms with Crippen LogP contribution in [0.5, 0.6) is 0 Å². The van der Waals surface area contributed by atoms with Gasteiger partial charge in [-0.15, -0.1) is 10.2 Å². The molecule has 0 unspecified atom stereocenters. The second-order valence-corrected chi connectivity index (χ2v) is 8.29. The van der Waals surface area contributed by atoms with Gasteiger partial charge in [0.15, 0.2) is 11.0 Å². The van der Waals surface area contributed by atoms with Crippen LogP contribution in [0.25, 0.3) is 6.08 Å². The summed E-state index contributed by atoms with van der Waals surface area (Å²) in [5.74, 6) is -1.07. The van der Waals surface area contributed by atoms with Crippen molar-refractivity contribution in [1.82, 2.24) is 20.1 Å². The van der Waals surface area contributed by atoms with Crippen LogP contribution in [0, 0.1) is 0 Å². The van der Waals surface area contributed by atoms with E-state index in [-0.39, 0.29) is 29.7 Å². The zero-order valence-corrected chi connectivity index (χ0v) is 19.8. The summed E-state index contributed by atoms with van der Waals surface area (Å²) in [5.41, 5.74) is 1.22. The molecular weight excluding hydrogens is 478 g/mol. The van der Waals surface area contributed by atoms with Crippen LogP contribution in [0.2, 0.25) is 5.02 Å². The first-order valence-electron chi connectivity index (χ1n) is 10.3. The van der Waals surface area contributed by atoms with E-state index in [2.05, 4.69) is 20.8 Å². The number of aromatic carboxylic acids is 1.